The predicted octanol–water partition coefficient (Wildman–Crippen LogP) is 8.85. The van der Waals surface area contributed by atoms with Crippen LogP contribution in [-0.4, -0.2) is 0 Å². The van der Waals surface area contributed by atoms with E-state index in [9.17, 15) is 0 Å². The van der Waals surface area contributed by atoms with Crippen LogP contribution < -0.4 is 0 Å². The molecule has 0 fully saturated rings. The van der Waals surface area contributed by atoms with Crippen LogP contribution in [0.3, 0.4) is 0 Å². The Balaban J connectivity index is 3.14. The number of hydrogen-bond acceptors (Lipinski definition) is 0. The summed E-state index contributed by atoms with van der Waals surface area (Å²) in [6.07, 6.45) is 29.0. The van der Waals surface area contributed by atoms with Gasteiger partial charge in [-0.05, 0) is 25.7 Å². The van der Waals surface area contributed by atoms with Crippen LogP contribution >= 0.6 is 0 Å². The number of unbranched alkanes of at least 4 members (excludes halogenated alkanes) is 13. The predicted molar refractivity (Wildman–Crippen MR) is 108 cm³/mol. The van der Waals surface area contributed by atoms with E-state index in [1.54, 1.807) is 0 Å². The molecule has 0 rings (SSSR count). The highest BCUT2D eigenvalue weighted by Gasteiger charge is 2.02. The fourth-order valence-corrected chi connectivity index (χ4v) is 3.40. The molecular formula is C23H46. The van der Waals surface area contributed by atoms with E-state index in [0.717, 1.165) is 5.92 Å². The Kier molecular flexibility index (Phi) is 19.6. The quantitative estimate of drug-likeness (QED) is 0.174. The summed E-state index contributed by atoms with van der Waals surface area (Å²) in [5, 5.41) is 0. The molecule has 0 aromatic carbocycles. The highest BCUT2D eigenvalue weighted by atomic mass is 14.1. The fourth-order valence-electron chi connectivity index (χ4n) is 3.40. The lowest BCUT2D eigenvalue weighted by atomic mass is 9.96. The number of allylic oxidation sites excluding steroid dienone is 2. The van der Waals surface area contributed by atoms with Crippen LogP contribution in [0.5, 0.6) is 0 Å². The SMILES string of the molecule is CC=CCCCCCCCC(C)CCCCCCCCCCC. The summed E-state index contributed by atoms with van der Waals surface area (Å²) >= 11 is 0. The van der Waals surface area contributed by atoms with E-state index in [4.69, 9.17) is 0 Å². The summed E-state index contributed by atoms with van der Waals surface area (Å²) in [6.45, 7) is 6.89. The molecular weight excluding hydrogens is 276 g/mol. The highest BCUT2D eigenvalue weighted by molar-refractivity contribution is 4.76. The molecule has 0 saturated heterocycles. The monoisotopic (exact) mass is 322 g/mol. The second-order valence-corrected chi connectivity index (χ2v) is 7.64. The van der Waals surface area contributed by atoms with Gasteiger partial charge in [0.15, 0.2) is 0 Å². The average molecular weight is 323 g/mol. The van der Waals surface area contributed by atoms with E-state index >= 15 is 0 Å². The second kappa shape index (κ2) is 19.8. The van der Waals surface area contributed by atoms with Gasteiger partial charge in [-0.2, -0.15) is 0 Å². The summed E-state index contributed by atoms with van der Waals surface area (Å²) in [5.41, 5.74) is 0. The normalized spacial score (nSPS) is 13.0. The van der Waals surface area contributed by atoms with Crippen molar-refractivity contribution in [2.75, 3.05) is 0 Å². The van der Waals surface area contributed by atoms with Gasteiger partial charge in [0.1, 0.15) is 0 Å². The zero-order valence-electron chi connectivity index (χ0n) is 16.8. The molecule has 0 aliphatic rings. The first-order valence-electron chi connectivity index (χ1n) is 10.9. The van der Waals surface area contributed by atoms with Crippen LogP contribution in [0.2, 0.25) is 0 Å². The standard InChI is InChI=1S/C23H46/c1-4-6-8-10-12-14-16-18-20-22-23(3)21-19-17-15-13-11-9-7-5-2/h5,7,23H,4,6,8-22H2,1-3H3. The Morgan fingerprint density at radius 1 is 0.609 bits per heavy atom. The van der Waals surface area contributed by atoms with E-state index < -0.39 is 0 Å². The third kappa shape index (κ3) is 19.7. The van der Waals surface area contributed by atoms with Gasteiger partial charge in [0.05, 0.1) is 0 Å². The summed E-state index contributed by atoms with van der Waals surface area (Å²) < 4.78 is 0. The van der Waals surface area contributed by atoms with Gasteiger partial charge in [-0.25, -0.2) is 0 Å². The molecule has 0 nitrogen and oxygen atoms in total. The highest BCUT2D eigenvalue weighted by Crippen LogP contribution is 2.18. The van der Waals surface area contributed by atoms with Crippen LogP contribution in [0.4, 0.5) is 0 Å². The van der Waals surface area contributed by atoms with Crippen molar-refractivity contribution >= 4 is 0 Å². The minimum Gasteiger partial charge on any atom is -0.0917 e. The summed E-state index contributed by atoms with van der Waals surface area (Å²) in [4.78, 5) is 0. The van der Waals surface area contributed by atoms with Gasteiger partial charge in [0, 0.05) is 0 Å². The van der Waals surface area contributed by atoms with Crippen molar-refractivity contribution in [1.82, 2.24) is 0 Å². The van der Waals surface area contributed by atoms with Gasteiger partial charge in [-0.15, -0.1) is 0 Å². The molecule has 0 aliphatic carbocycles. The van der Waals surface area contributed by atoms with Gasteiger partial charge < -0.3 is 0 Å². The van der Waals surface area contributed by atoms with Crippen LogP contribution in [0.25, 0.3) is 0 Å². The van der Waals surface area contributed by atoms with E-state index in [-0.39, 0.29) is 0 Å². The molecule has 0 saturated carbocycles. The third-order valence-corrected chi connectivity index (χ3v) is 5.10. The molecule has 23 heavy (non-hydrogen) atoms. The van der Waals surface area contributed by atoms with Gasteiger partial charge >= 0.3 is 0 Å². The van der Waals surface area contributed by atoms with Gasteiger partial charge in [-0.1, -0.05) is 122 Å². The minimum atomic E-state index is 0.961. The topological polar surface area (TPSA) is 0 Å². The van der Waals surface area contributed by atoms with Crippen LogP contribution in [0, 0.1) is 5.92 Å². The van der Waals surface area contributed by atoms with Gasteiger partial charge in [0.25, 0.3) is 0 Å². The van der Waals surface area contributed by atoms with Gasteiger partial charge in [-0.3, -0.25) is 0 Å². The summed E-state index contributed by atoms with van der Waals surface area (Å²) in [5.74, 6) is 0.961. The lowest BCUT2D eigenvalue weighted by molar-refractivity contribution is 0.431. The van der Waals surface area contributed by atoms with Crippen molar-refractivity contribution < 1.29 is 0 Å². The van der Waals surface area contributed by atoms with Crippen molar-refractivity contribution in [3.63, 3.8) is 0 Å². The number of rotatable bonds is 18. The Labute approximate surface area is 148 Å². The molecule has 0 N–H and O–H groups in total. The van der Waals surface area contributed by atoms with Crippen LogP contribution in [0.1, 0.15) is 130 Å². The average Bonchev–Trinajstić information content (AvgIpc) is 2.56. The van der Waals surface area contributed by atoms with Gasteiger partial charge in [0.2, 0.25) is 0 Å². The second-order valence-electron chi connectivity index (χ2n) is 7.64. The molecule has 0 heterocycles. The van der Waals surface area contributed by atoms with Crippen molar-refractivity contribution in [2.45, 2.75) is 130 Å². The Bertz CT molecular complexity index is 228. The first-order chi connectivity index (χ1) is 11.3. The molecule has 0 radical (unpaired) electrons. The zero-order valence-corrected chi connectivity index (χ0v) is 16.8. The lowest BCUT2D eigenvalue weighted by Gasteiger charge is -2.11. The molecule has 0 aromatic heterocycles. The molecule has 0 spiro atoms. The summed E-state index contributed by atoms with van der Waals surface area (Å²) in [7, 11) is 0. The maximum Gasteiger partial charge on any atom is -0.0351 e. The van der Waals surface area contributed by atoms with Crippen molar-refractivity contribution in [1.29, 1.82) is 0 Å². The molecule has 1 atom stereocenters. The Hall–Kier alpha value is -0.260. The third-order valence-electron chi connectivity index (χ3n) is 5.10. The smallest absolute Gasteiger partial charge is 0.0351 e. The molecule has 0 heteroatoms. The molecule has 0 bridgehead atoms. The molecule has 138 valence electrons. The maximum absolute atomic E-state index is 2.47. The molecule has 0 aromatic rings. The molecule has 1 unspecified atom stereocenters. The fraction of sp³-hybridized carbons (Fsp3) is 0.913. The lowest BCUT2D eigenvalue weighted by Crippen LogP contribution is -1.95. The van der Waals surface area contributed by atoms with Crippen molar-refractivity contribution in [3.05, 3.63) is 12.2 Å². The summed E-state index contributed by atoms with van der Waals surface area (Å²) in [6, 6.07) is 0. The number of hydrogen-bond donors (Lipinski definition) is 0. The van der Waals surface area contributed by atoms with E-state index in [2.05, 4.69) is 32.9 Å². The van der Waals surface area contributed by atoms with Crippen LogP contribution in [-0.2, 0) is 0 Å². The first-order valence-corrected chi connectivity index (χ1v) is 10.9. The maximum atomic E-state index is 2.47. The molecule has 0 amide bonds. The Morgan fingerprint density at radius 3 is 1.52 bits per heavy atom. The van der Waals surface area contributed by atoms with E-state index in [0.29, 0.717) is 0 Å². The minimum absolute atomic E-state index is 0.961. The van der Waals surface area contributed by atoms with E-state index in [1.807, 2.05) is 0 Å². The van der Waals surface area contributed by atoms with Crippen molar-refractivity contribution in [3.8, 4) is 0 Å². The largest absolute Gasteiger partial charge is 0.0917 e. The van der Waals surface area contributed by atoms with E-state index in [1.165, 1.54) is 109 Å². The van der Waals surface area contributed by atoms with Crippen LogP contribution in [0.15, 0.2) is 12.2 Å². The zero-order chi connectivity index (χ0) is 17.0. The Morgan fingerprint density at radius 2 is 1.04 bits per heavy atom. The molecule has 0 aliphatic heterocycles. The first kappa shape index (κ1) is 22.7. The van der Waals surface area contributed by atoms with Crippen molar-refractivity contribution in [2.24, 2.45) is 5.92 Å².